The third-order valence-electron chi connectivity index (χ3n) is 6.26. The van der Waals surface area contributed by atoms with Crippen LogP contribution in [-0.2, 0) is 17.9 Å². The van der Waals surface area contributed by atoms with Crippen molar-refractivity contribution >= 4 is 51.9 Å². The van der Waals surface area contributed by atoms with E-state index in [2.05, 4.69) is 0 Å². The van der Waals surface area contributed by atoms with E-state index in [9.17, 15) is 4.79 Å². The molecule has 3 heterocycles. The van der Waals surface area contributed by atoms with E-state index in [1.165, 1.54) is 11.8 Å². The van der Waals surface area contributed by atoms with Crippen LogP contribution in [0.4, 0.5) is 0 Å². The monoisotopic (exact) mass is 583 g/mol. The van der Waals surface area contributed by atoms with Crippen LogP contribution in [0.5, 0.6) is 5.75 Å². The summed E-state index contributed by atoms with van der Waals surface area (Å²) >= 11 is 12.8. The molecule has 9 heteroatoms. The van der Waals surface area contributed by atoms with E-state index in [4.69, 9.17) is 38.1 Å². The minimum atomic E-state index is -0.157. The molecule has 2 aromatic heterocycles. The molecule has 0 atom stereocenters. The number of furan rings is 1. The minimum Gasteiger partial charge on any atom is -0.489 e. The number of rotatable bonds is 8. The maximum absolute atomic E-state index is 13.3. The van der Waals surface area contributed by atoms with E-state index in [1.54, 1.807) is 17.2 Å². The second kappa shape index (κ2) is 11.6. The Morgan fingerprint density at radius 3 is 2.48 bits per heavy atom. The fourth-order valence-corrected chi connectivity index (χ4v) is 5.59. The van der Waals surface area contributed by atoms with Crippen molar-refractivity contribution in [3.8, 4) is 22.7 Å². The molecule has 0 saturated carbocycles. The first-order valence-electron chi connectivity index (χ1n) is 12.4. The van der Waals surface area contributed by atoms with E-state index < -0.39 is 0 Å². The van der Waals surface area contributed by atoms with Crippen molar-refractivity contribution in [2.24, 2.45) is 0 Å². The largest absolute Gasteiger partial charge is 0.489 e. The Labute approximate surface area is 245 Å². The van der Waals surface area contributed by atoms with Gasteiger partial charge in [-0.05, 0) is 72.3 Å². The van der Waals surface area contributed by atoms with Crippen molar-refractivity contribution in [3.63, 3.8) is 0 Å². The van der Waals surface area contributed by atoms with Crippen molar-refractivity contribution < 1.29 is 13.9 Å². The maximum Gasteiger partial charge on any atom is 0.266 e. The zero-order valence-corrected chi connectivity index (χ0v) is 23.5. The zero-order chi connectivity index (χ0) is 27.5. The van der Waals surface area contributed by atoms with Gasteiger partial charge in [-0.1, -0.05) is 65.9 Å². The highest BCUT2D eigenvalue weighted by atomic mass is 35.5. The van der Waals surface area contributed by atoms with E-state index in [0.29, 0.717) is 33.2 Å². The van der Waals surface area contributed by atoms with Gasteiger partial charge in [0.25, 0.3) is 5.91 Å². The number of hydrogen-bond donors (Lipinski definition) is 0. The lowest BCUT2D eigenvalue weighted by atomic mass is 10.1. The number of aromatic nitrogens is 2. The van der Waals surface area contributed by atoms with Gasteiger partial charge >= 0.3 is 0 Å². The summed E-state index contributed by atoms with van der Waals surface area (Å²) in [5.41, 5.74) is 4.38. The van der Waals surface area contributed by atoms with Crippen LogP contribution in [0.25, 0.3) is 23.0 Å². The molecular weight excluding hydrogens is 562 g/mol. The first-order chi connectivity index (χ1) is 19.5. The van der Waals surface area contributed by atoms with Gasteiger partial charge in [0.2, 0.25) is 0 Å². The molecule has 40 heavy (non-hydrogen) atoms. The van der Waals surface area contributed by atoms with Crippen molar-refractivity contribution in [2.45, 2.75) is 13.2 Å². The Morgan fingerprint density at radius 1 is 0.975 bits per heavy atom. The predicted molar refractivity (Wildman–Crippen MR) is 162 cm³/mol. The standard InChI is InChI=1S/C31H22ClN3O3S2/c32-24-12-8-21(9-13-24)20-38-26-14-10-22(11-15-26)29-23(18-35(33-29)25-5-2-1-3-6-25)17-28-30(36)34(31(39)40-28)19-27-7-4-16-37-27/h1-18H,19-20H2. The molecule has 1 aliphatic heterocycles. The number of hydrogen-bond acceptors (Lipinski definition) is 6. The van der Waals surface area contributed by atoms with E-state index in [1.807, 2.05) is 102 Å². The average Bonchev–Trinajstić information content (AvgIpc) is 3.71. The summed E-state index contributed by atoms with van der Waals surface area (Å²) in [7, 11) is 0. The first kappa shape index (κ1) is 26.1. The summed E-state index contributed by atoms with van der Waals surface area (Å²) in [4.78, 5) is 15.4. The fourth-order valence-electron chi connectivity index (χ4n) is 4.22. The number of benzene rings is 3. The summed E-state index contributed by atoms with van der Waals surface area (Å²) in [6.45, 7) is 0.729. The van der Waals surface area contributed by atoms with E-state index >= 15 is 0 Å². The van der Waals surface area contributed by atoms with Gasteiger partial charge < -0.3 is 9.15 Å². The molecular formula is C31H22ClN3O3S2. The number of carbonyl (C=O) groups is 1. The highest BCUT2D eigenvalue weighted by Gasteiger charge is 2.33. The van der Waals surface area contributed by atoms with Crippen LogP contribution in [0.3, 0.4) is 0 Å². The Bertz CT molecular complexity index is 1680. The summed E-state index contributed by atoms with van der Waals surface area (Å²) in [6, 6.07) is 28.8. The van der Waals surface area contributed by atoms with Crippen molar-refractivity contribution in [3.05, 3.63) is 130 Å². The lowest BCUT2D eigenvalue weighted by molar-refractivity contribution is -0.122. The number of amides is 1. The Kier molecular flexibility index (Phi) is 7.55. The smallest absolute Gasteiger partial charge is 0.266 e. The molecule has 0 bridgehead atoms. The number of thiocarbonyl (C=S) groups is 1. The number of para-hydroxylation sites is 1. The Morgan fingerprint density at radius 2 is 1.75 bits per heavy atom. The molecule has 0 aliphatic carbocycles. The second-order valence-electron chi connectivity index (χ2n) is 9.00. The number of nitrogens with zero attached hydrogens (tertiary/aromatic N) is 3. The molecule has 5 aromatic rings. The molecule has 0 unspecified atom stereocenters. The molecule has 0 N–H and O–H groups in total. The lowest BCUT2D eigenvalue weighted by Crippen LogP contribution is -2.27. The van der Waals surface area contributed by atoms with Crippen LogP contribution >= 0.6 is 35.6 Å². The van der Waals surface area contributed by atoms with Crippen molar-refractivity contribution in [2.75, 3.05) is 0 Å². The van der Waals surface area contributed by atoms with Gasteiger partial charge in [-0.2, -0.15) is 5.10 Å². The maximum atomic E-state index is 13.3. The third-order valence-corrected chi connectivity index (χ3v) is 7.89. The molecule has 6 rings (SSSR count). The molecule has 6 nitrogen and oxygen atoms in total. The van der Waals surface area contributed by atoms with Crippen LogP contribution in [0, 0.1) is 0 Å². The molecule has 0 radical (unpaired) electrons. The van der Waals surface area contributed by atoms with Gasteiger partial charge in [-0.25, -0.2) is 4.68 Å². The van der Waals surface area contributed by atoms with Crippen molar-refractivity contribution in [1.82, 2.24) is 14.7 Å². The molecule has 1 saturated heterocycles. The van der Waals surface area contributed by atoms with Crippen molar-refractivity contribution in [1.29, 1.82) is 0 Å². The van der Waals surface area contributed by atoms with Crippen LogP contribution in [0.2, 0.25) is 5.02 Å². The summed E-state index contributed by atoms with van der Waals surface area (Å²) in [5, 5.41) is 5.58. The lowest BCUT2D eigenvalue weighted by Gasteiger charge is -2.11. The number of halogens is 1. The summed E-state index contributed by atoms with van der Waals surface area (Å²) in [5.74, 6) is 1.26. The van der Waals surface area contributed by atoms with Crippen LogP contribution < -0.4 is 4.74 Å². The van der Waals surface area contributed by atoms with Crippen LogP contribution in [0.1, 0.15) is 16.9 Å². The second-order valence-corrected chi connectivity index (χ2v) is 11.1. The highest BCUT2D eigenvalue weighted by molar-refractivity contribution is 8.26. The molecule has 1 aliphatic rings. The topological polar surface area (TPSA) is 60.5 Å². The van der Waals surface area contributed by atoms with E-state index in [-0.39, 0.29) is 5.91 Å². The molecule has 1 amide bonds. The highest BCUT2D eigenvalue weighted by Crippen LogP contribution is 2.36. The fraction of sp³-hybridized carbons (Fsp3) is 0.0645. The molecule has 198 valence electrons. The Balaban J connectivity index is 1.28. The van der Waals surface area contributed by atoms with Gasteiger partial charge in [-0.15, -0.1) is 0 Å². The van der Waals surface area contributed by atoms with Gasteiger partial charge in [0.05, 0.1) is 29.1 Å². The normalized spacial score (nSPS) is 14.3. The van der Waals surface area contributed by atoms with Crippen LogP contribution in [-0.4, -0.2) is 24.9 Å². The van der Waals surface area contributed by atoms with Gasteiger partial charge in [0.1, 0.15) is 22.4 Å². The zero-order valence-electron chi connectivity index (χ0n) is 21.1. The summed E-state index contributed by atoms with van der Waals surface area (Å²) in [6.07, 6.45) is 5.36. The SMILES string of the molecule is O=C1C(=Cc2cn(-c3ccccc3)nc2-c2ccc(OCc3ccc(Cl)cc3)cc2)SC(=S)N1Cc1ccco1. The minimum absolute atomic E-state index is 0.157. The molecule has 1 fully saturated rings. The summed E-state index contributed by atoms with van der Waals surface area (Å²) < 4.78 is 13.7. The predicted octanol–water partition coefficient (Wildman–Crippen LogP) is 7.77. The number of thioether (sulfide) groups is 1. The first-order valence-corrected chi connectivity index (χ1v) is 14.0. The van der Waals surface area contributed by atoms with Gasteiger partial charge in [0.15, 0.2) is 0 Å². The van der Waals surface area contributed by atoms with Crippen LogP contribution in [0.15, 0.2) is 113 Å². The van der Waals surface area contributed by atoms with E-state index in [0.717, 1.165) is 33.8 Å². The Hall–Kier alpha value is -4.11. The quantitative estimate of drug-likeness (QED) is 0.137. The van der Waals surface area contributed by atoms with Gasteiger partial charge in [-0.3, -0.25) is 9.69 Å². The molecule has 0 spiro atoms. The number of carbonyl (C=O) groups excluding carboxylic acids is 1. The number of ether oxygens (including phenoxy) is 1. The van der Waals surface area contributed by atoms with Gasteiger partial charge in [0, 0.05) is 22.3 Å². The third kappa shape index (κ3) is 5.74. The average molecular weight is 584 g/mol. The molecule has 3 aromatic carbocycles.